The first-order chi connectivity index (χ1) is 16.7. The zero-order chi connectivity index (χ0) is 25.4. The highest BCUT2D eigenvalue weighted by molar-refractivity contribution is 5.99. The van der Waals surface area contributed by atoms with Gasteiger partial charge in [-0.15, -0.1) is 0 Å². The fraction of sp³-hybridized carbons (Fsp3) is 0.300. The molecule has 1 N–H and O–H groups in total. The summed E-state index contributed by atoms with van der Waals surface area (Å²) in [7, 11) is 0. The molecule has 0 aliphatic heterocycles. The number of hydrogen-bond acceptors (Lipinski definition) is 4. The maximum Gasteiger partial charge on any atom is 0.329 e. The summed E-state index contributed by atoms with van der Waals surface area (Å²) in [4.78, 5) is 38.4. The topological polar surface area (TPSA) is 72.5 Å². The van der Waals surface area contributed by atoms with E-state index in [-0.39, 0.29) is 30.1 Å². The van der Waals surface area contributed by atoms with Gasteiger partial charge in [0.05, 0.1) is 0 Å². The smallest absolute Gasteiger partial charge is 0.329 e. The van der Waals surface area contributed by atoms with Crippen molar-refractivity contribution in [3.63, 3.8) is 0 Å². The number of carbonyl (C=O) groups is 3. The Morgan fingerprint density at radius 2 is 1.40 bits per heavy atom. The highest BCUT2D eigenvalue weighted by atomic mass is 16.5. The molecule has 0 saturated carbocycles. The normalized spacial score (nSPS) is 12.0. The second-order valence-corrected chi connectivity index (χ2v) is 9.62. The fourth-order valence-electron chi connectivity index (χ4n) is 3.65. The lowest BCUT2D eigenvalue weighted by atomic mass is 9.86. The van der Waals surface area contributed by atoms with Crippen LogP contribution in [0.15, 0.2) is 78.9 Å². The number of carbonyl (C=O) groups excluding carboxylic acids is 3. The van der Waals surface area contributed by atoms with Crippen molar-refractivity contribution in [2.75, 3.05) is 6.61 Å². The van der Waals surface area contributed by atoms with Crippen LogP contribution in [0.2, 0.25) is 0 Å². The lowest BCUT2D eigenvalue weighted by Gasteiger charge is -2.20. The van der Waals surface area contributed by atoms with E-state index in [1.54, 1.807) is 24.3 Å². The van der Waals surface area contributed by atoms with Crippen LogP contribution in [-0.4, -0.2) is 30.3 Å². The van der Waals surface area contributed by atoms with Crippen LogP contribution in [0.3, 0.4) is 0 Å². The number of rotatable bonds is 9. The third-order valence-corrected chi connectivity index (χ3v) is 5.92. The molecule has 1 amide bonds. The molecule has 0 fully saturated rings. The van der Waals surface area contributed by atoms with Crippen molar-refractivity contribution in [3.05, 3.63) is 107 Å². The van der Waals surface area contributed by atoms with Crippen LogP contribution in [0.5, 0.6) is 0 Å². The number of benzene rings is 3. The van der Waals surface area contributed by atoms with Crippen molar-refractivity contribution in [2.24, 2.45) is 0 Å². The van der Waals surface area contributed by atoms with Crippen LogP contribution in [0.1, 0.15) is 65.1 Å². The molecule has 0 saturated heterocycles. The molecule has 3 rings (SSSR count). The van der Waals surface area contributed by atoms with E-state index < -0.39 is 12.0 Å². The highest BCUT2D eigenvalue weighted by Gasteiger charge is 2.25. The van der Waals surface area contributed by atoms with E-state index >= 15 is 0 Å². The molecule has 0 heterocycles. The lowest BCUT2D eigenvalue weighted by molar-refractivity contribution is -0.144. The quantitative estimate of drug-likeness (QED) is 0.339. The van der Waals surface area contributed by atoms with Crippen LogP contribution in [-0.2, 0) is 27.8 Å². The highest BCUT2D eigenvalue weighted by Crippen LogP contribution is 2.22. The van der Waals surface area contributed by atoms with Crippen molar-refractivity contribution in [2.45, 2.75) is 52.0 Å². The van der Waals surface area contributed by atoms with Gasteiger partial charge in [0, 0.05) is 17.5 Å². The molecule has 182 valence electrons. The molecule has 3 aromatic carbocycles. The molecular weight excluding hydrogens is 438 g/mol. The summed E-state index contributed by atoms with van der Waals surface area (Å²) in [6, 6.07) is 23.0. The van der Waals surface area contributed by atoms with E-state index in [4.69, 9.17) is 4.74 Å². The van der Waals surface area contributed by atoms with Crippen molar-refractivity contribution in [1.82, 2.24) is 5.32 Å². The first kappa shape index (κ1) is 25.9. The second-order valence-electron chi connectivity index (χ2n) is 9.62. The van der Waals surface area contributed by atoms with Crippen molar-refractivity contribution >= 4 is 17.7 Å². The minimum Gasteiger partial charge on any atom is -0.456 e. The average Bonchev–Trinajstić information content (AvgIpc) is 2.86. The van der Waals surface area contributed by atoms with Gasteiger partial charge in [0.15, 0.2) is 12.4 Å². The minimum absolute atomic E-state index is 0.0297. The fourth-order valence-corrected chi connectivity index (χ4v) is 3.65. The number of esters is 1. The number of ketones is 1. The Hall–Kier alpha value is -3.73. The van der Waals surface area contributed by atoms with Gasteiger partial charge in [0.25, 0.3) is 5.91 Å². The Bertz CT molecular complexity index is 1140. The van der Waals surface area contributed by atoms with Crippen LogP contribution >= 0.6 is 0 Å². The Labute approximate surface area is 207 Å². The first-order valence-corrected chi connectivity index (χ1v) is 11.9. The Morgan fingerprint density at radius 3 is 1.97 bits per heavy atom. The summed E-state index contributed by atoms with van der Waals surface area (Å²) in [6.45, 7) is 7.97. The standard InChI is InChI=1S/C30H33NO4/c1-5-21-11-13-23(14-12-21)27(32)20-35-29(34)26(19-22-9-7-6-8-10-22)31-28(33)24-15-17-25(18-16-24)30(2,3)4/h6-18,26H,5,19-20H2,1-4H3,(H,31,33)/t26-/m0/s1. The predicted octanol–water partition coefficient (Wildman–Crippen LogP) is 5.31. The predicted molar refractivity (Wildman–Crippen MR) is 138 cm³/mol. The van der Waals surface area contributed by atoms with Crippen molar-refractivity contribution in [3.8, 4) is 0 Å². The van der Waals surface area contributed by atoms with E-state index in [9.17, 15) is 14.4 Å². The molecule has 0 radical (unpaired) electrons. The summed E-state index contributed by atoms with van der Waals surface area (Å²) in [5.74, 6) is -1.31. The minimum atomic E-state index is -0.928. The molecule has 1 atom stereocenters. The molecule has 0 unspecified atom stereocenters. The van der Waals surface area contributed by atoms with Gasteiger partial charge < -0.3 is 10.1 Å². The largest absolute Gasteiger partial charge is 0.456 e. The van der Waals surface area contributed by atoms with Crippen LogP contribution < -0.4 is 5.32 Å². The van der Waals surface area contributed by atoms with Gasteiger partial charge in [0.2, 0.25) is 0 Å². The molecule has 0 spiro atoms. The molecule has 3 aromatic rings. The Kier molecular flexibility index (Phi) is 8.58. The molecule has 0 bridgehead atoms. The van der Waals surface area contributed by atoms with Crippen LogP contribution in [0, 0.1) is 0 Å². The van der Waals surface area contributed by atoms with E-state index in [0.29, 0.717) is 11.1 Å². The molecule has 0 aromatic heterocycles. The number of Topliss-reactive ketones (excluding diaryl/α,β-unsaturated/α-hetero) is 1. The third kappa shape index (κ3) is 7.38. The van der Waals surface area contributed by atoms with Gasteiger partial charge in [-0.3, -0.25) is 9.59 Å². The van der Waals surface area contributed by atoms with Gasteiger partial charge in [-0.25, -0.2) is 4.79 Å². The number of amides is 1. The molecule has 0 aliphatic carbocycles. The van der Waals surface area contributed by atoms with Gasteiger partial charge in [-0.05, 0) is 40.7 Å². The summed E-state index contributed by atoms with van der Waals surface area (Å²) in [5, 5.41) is 2.79. The first-order valence-electron chi connectivity index (χ1n) is 11.9. The van der Waals surface area contributed by atoms with Gasteiger partial charge in [0.1, 0.15) is 6.04 Å². The maximum atomic E-state index is 12.9. The van der Waals surface area contributed by atoms with Gasteiger partial charge in [-0.2, -0.15) is 0 Å². The Balaban J connectivity index is 1.70. The second kappa shape index (κ2) is 11.6. The Morgan fingerprint density at radius 1 is 0.800 bits per heavy atom. The molecule has 0 aliphatic rings. The lowest BCUT2D eigenvalue weighted by Crippen LogP contribution is -2.43. The summed E-state index contributed by atoms with van der Waals surface area (Å²) in [5.41, 5.74) is 4.02. The van der Waals surface area contributed by atoms with E-state index in [2.05, 4.69) is 26.1 Å². The number of ether oxygens (including phenoxy) is 1. The molecular formula is C30H33NO4. The number of hydrogen-bond donors (Lipinski definition) is 1. The molecule has 35 heavy (non-hydrogen) atoms. The summed E-state index contributed by atoms with van der Waals surface area (Å²) >= 11 is 0. The molecule has 5 nitrogen and oxygen atoms in total. The zero-order valence-corrected chi connectivity index (χ0v) is 20.8. The van der Waals surface area contributed by atoms with Crippen LogP contribution in [0.4, 0.5) is 0 Å². The maximum absolute atomic E-state index is 12.9. The van der Waals surface area contributed by atoms with Crippen LogP contribution in [0.25, 0.3) is 0 Å². The van der Waals surface area contributed by atoms with E-state index in [0.717, 1.165) is 23.1 Å². The van der Waals surface area contributed by atoms with Gasteiger partial charge >= 0.3 is 5.97 Å². The number of nitrogens with one attached hydrogen (secondary N) is 1. The van der Waals surface area contributed by atoms with E-state index in [1.807, 2.05) is 61.5 Å². The van der Waals surface area contributed by atoms with Crippen molar-refractivity contribution < 1.29 is 19.1 Å². The number of aryl methyl sites for hydroxylation is 1. The zero-order valence-electron chi connectivity index (χ0n) is 20.8. The van der Waals surface area contributed by atoms with Crippen molar-refractivity contribution in [1.29, 1.82) is 0 Å². The van der Waals surface area contributed by atoms with Gasteiger partial charge in [-0.1, -0.05) is 94.4 Å². The summed E-state index contributed by atoms with van der Waals surface area (Å²) < 4.78 is 5.35. The summed E-state index contributed by atoms with van der Waals surface area (Å²) in [6.07, 6.45) is 1.13. The average molecular weight is 472 g/mol. The SMILES string of the molecule is CCc1ccc(C(=O)COC(=O)[C@H](Cc2ccccc2)NC(=O)c2ccc(C(C)(C)C)cc2)cc1. The monoisotopic (exact) mass is 471 g/mol. The van der Waals surface area contributed by atoms with E-state index in [1.165, 1.54) is 0 Å². The molecule has 5 heteroatoms. The third-order valence-electron chi connectivity index (χ3n) is 5.92.